The molecule has 0 saturated carbocycles. The van der Waals surface area contributed by atoms with Gasteiger partial charge in [-0.1, -0.05) is 5.16 Å². The van der Waals surface area contributed by atoms with Gasteiger partial charge in [-0.15, -0.1) is 12.4 Å². The third kappa shape index (κ3) is 5.07. The highest BCUT2D eigenvalue weighted by molar-refractivity contribution is 5.85. The van der Waals surface area contributed by atoms with Crippen LogP contribution in [0, 0.1) is 5.92 Å². The molecule has 0 aliphatic carbocycles. The average molecular weight is 341 g/mol. The molecule has 1 aliphatic rings. The van der Waals surface area contributed by atoms with Gasteiger partial charge in [0.15, 0.2) is 5.76 Å². The third-order valence-corrected chi connectivity index (χ3v) is 3.81. The van der Waals surface area contributed by atoms with Crippen molar-refractivity contribution in [3.05, 3.63) is 24.3 Å². The highest BCUT2D eigenvalue weighted by atomic mass is 35.5. The standard InChI is InChI=1S/C15H20N4O3.ClH/c20-13(17-8-6-11-5-7-16-10-11)3-4-14-18-15(19-22-14)12-2-1-9-21-12;/h1-2,9,11,16H,3-8,10H2,(H,17,20);1H. The monoisotopic (exact) mass is 340 g/mol. The van der Waals surface area contributed by atoms with Crippen LogP contribution in [-0.2, 0) is 11.2 Å². The molecule has 3 heterocycles. The van der Waals surface area contributed by atoms with Crippen LogP contribution in [0.5, 0.6) is 0 Å². The number of aromatic nitrogens is 2. The normalized spacial score (nSPS) is 17.0. The lowest BCUT2D eigenvalue weighted by atomic mass is 10.1. The Hall–Kier alpha value is -1.86. The zero-order chi connectivity index (χ0) is 15.2. The number of carbonyl (C=O) groups excluding carboxylic acids is 1. The largest absolute Gasteiger partial charge is 0.461 e. The molecule has 0 radical (unpaired) electrons. The molecule has 1 amide bonds. The number of nitrogens with one attached hydrogen (secondary N) is 2. The molecule has 2 aromatic rings. The number of furan rings is 1. The summed E-state index contributed by atoms with van der Waals surface area (Å²) in [7, 11) is 0. The fraction of sp³-hybridized carbons (Fsp3) is 0.533. The number of amides is 1. The van der Waals surface area contributed by atoms with Gasteiger partial charge in [0.2, 0.25) is 17.6 Å². The molecule has 2 N–H and O–H groups in total. The van der Waals surface area contributed by atoms with Crippen molar-refractivity contribution >= 4 is 18.3 Å². The van der Waals surface area contributed by atoms with E-state index in [-0.39, 0.29) is 18.3 Å². The van der Waals surface area contributed by atoms with E-state index in [4.69, 9.17) is 8.94 Å². The molecule has 1 saturated heterocycles. The summed E-state index contributed by atoms with van der Waals surface area (Å²) in [5, 5.41) is 10.1. The fourth-order valence-corrected chi connectivity index (χ4v) is 2.55. The Kier molecular flexibility index (Phi) is 6.61. The Balaban J connectivity index is 0.00000192. The quantitative estimate of drug-likeness (QED) is 0.798. The smallest absolute Gasteiger partial charge is 0.238 e. The first-order valence-corrected chi connectivity index (χ1v) is 7.65. The predicted molar refractivity (Wildman–Crippen MR) is 86.2 cm³/mol. The van der Waals surface area contributed by atoms with Crippen LogP contribution < -0.4 is 10.6 Å². The summed E-state index contributed by atoms with van der Waals surface area (Å²) in [5.74, 6) is 2.12. The van der Waals surface area contributed by atoms with Crippen LogP contribution in [0.2, 0.25) is 0 Å². The van der Waals surface area contributed by atoms with Gasteiger partial charge < -0.3 is 19.6 Å². The minimum absolute atomic E-state index is 0. The fourth-order valence-electron chi connectivity index (χ4n) is 2.55. The number of nitrogens with zero attached hydrogens (tertiary/aromatic N) is 2. The Morgan fingerprint density at radius 2 is 2.39 bits per heavy atom. The van der Waals surface area contributed by atoms with Crippen LogP contribution >= 0.6 is 12.4 Å². The second-order valence-electron chi connectivity index (χ2n) is 5.49. The molecule has 2 aromatic heterocycles. The van der Waals surface area contributed by atoms with E-state index < -0.39 is 0 Å². The molecule has 8 heteroatoms. The number of halogens is 1. The molecule has 0 spiro atoms. The second-order valence-corrected chi connectivity index (χ2v) is 5.49. The molecule has 7 nitrogen and oxygen atoms in total. The van der Waals surface area contributed by atoms with Crippen LogP contribution in [0.4, 0.5) is 0 Å². The number of aryl methyl sites for hydroxylation is 1. The van der Waals surface area contributed by atoms with E-state index in [9.17, 15) is 4.79 Å². The Morgan fingerprint density at radius 3 is 3.13 bits per heavy atom. The molecular formula is C15H21ClN4O3. The van der Waals surface area contributed by atoms with Crippen molar-refractivity contribution in [3.63, 3.8) is 0 Å². The highest BCUT2D eigenvalue weighted by Crippen LogP contribution is 2.16. The lowest BCUT2D eigenvalue weighted by Crippen LogP contribution is -2.26. The van der Waals surface area contributed by atoms with Crippen molar-refractivity contribution < 1.29 is 13.7 Å². The molecule has 1 fully saturated rings. The summed E-state index contributed by atoms with van der Waals surface area (Å²) in [5.41, 5.74) is 0. The van der Waals surface area contributed by atoms with Crippen molar-refractivity contribution in [2.75, 3.05) is 19.6 Å². The lowest BCUT2D eigenvalue weighted by Gasteiger charge is -2.08. The lowest BCUT2D eigenvalue weighted by molar-refractivity contribution is -0.121. The molecule has 1 unspecified atom stereocenters. The zero-order valence-corrected chi connectivity index (χ0v) is 13.6. The van der Waals surface area contributed by atoms with Gasteiger partial charge in [0.1, 0.15) is 0 Å². The van der Waals surface area contributed by atoms with Crippen molar-refractivity contribution in [2.45, 2.75) is 25.7 Å². The van der Waals surface area contributed by atoms with E-state index in [2.05, 4.69) is 20.8 Å². The first-order valence-electron chi connectivity index (χ1n) is 7.65. The van der Waals surface area contributed by atoms with Crippen LogP contribution in [0.1, 0.15) is 25.2 Å². The van der Waals surface area contributed by atoms with Gasteiger partial charge in [0.05, 0.1) is 6.26 Å². The Bertz CT molecular complexity index is 594. The van der Waals surface area contributed by atoms with Crippen LogP contribution in [0.25, 0.3) is 11.6 Å². The SMILES string of the molecule is Cl.O=C(CCc1nc(-c2ccco2)no1)NCCC1CCNC1. The minimum Gasteiger partial charge on any atom is -0.461 e. The zero-order valence-electron chi connectivity index (χ0n) is 12.8. The molecule has 1 aliphatic heterocycles. The van der Waals surface area contributed by atoms with E-state index in [1.165, 1.54) is 6.42 Å². The van der Waals surface area contributed by atoms with Crippen molar-refractivity contribution in [2.24, 2.45) is 5.92 Å². The summed E-state index contributed by atoms with van der Waals surface area (Å²) in [6.07, 6.45) is 4.57. The summed E-state index contributed by atoms with van der Waals surface area (Å²) >= 11 is 0. The van der Waals surface area contributed by atoms with Gasteiger partial charge in [-0.05, 0) is 44.0 Å². The van der Waals surface area contributed by atoms with Crippen molar-refractivity contribution in [1.29, 1.82) is 0 Å². The van der Waals surface area contributed by atoms with Gasteiger partial charge in [0.25, 0.3) is 0 Å². The maximum absolute atomic E-state index is 11.8. The number of rotatable bonds is 7. The topological polar surface area (TPSA) is 93.2 Å². The molecule has 0 bridgehead atoms. The van der Waals surface area contributed by atoms with E-state index in [0.29, 0.717) is 36.2 Å². The van der Waals surface area contributed by atoms with Crippen molar-refractivity contribution in [3.8, 4) is 11.6 Å². The van der Waals surface area contributed by atoms with Crippen molar-refractivity contribution in [1.82, 2.24) is 20.8 Å². The van der Waals surface area contributed by atoms with Gasteiger partial charge in [-0.25, -0.2) is 0 Å². The van der Waals surface area contributed by atoms with E-state index in [1.807, 2.05) is 0 Å². The third-order valence-electron chi connectivity index (χ3n) is 3.81. The Labute approximate surface area is 140 Å². The second kappa shape index (κ2) is 8.69. The van der Waals surface area contributed by atoms with Gasteiger partial charge in [0, 0.05) is 19.4 Å². The first-order chi connectivity index (χ1) is 10.8. The molecule has 0 aromatic carbocycles. The summed E-state index contributed by atoms with van der Waals surface area (Å²) in [4.78, 5) is 16.0. The molecule has 126 valence electrons. The minimum atomic E-state index is 0. The first kappa shape index (κ1) is 17.5. The van der Waals surface area contributed by atoms with E-state index >= 15 is 0 Å². The molecule has 1 atom stereocenters. The maximum Gasteiger partial charge on any atom is 0.238 e. The van der Waals surface area contributed by atoms with E-state index in [1.54, 1.807) is 18.4 Å². The van der Waals surface area contributed by atoms with Crippen LogP contribution in [0.15, 0.2) is 27.3 Å². The Morgan fingerprint density at radius 1 is 1.48 bits per heavy atom. The predicted octanol–water partition coefficient (Wildman–Crippen LogP) is 1.80. The van der Waals surface area contributed by atoms with E-state index in [0.717, 1.165) is 26.1 Å². The summed E-state index contributed by atoms with van der Waals surface area (Å²) < 4.78 is 10.3. The van der Waals surface area contributed by atoms with Gasteiger partial charge >= 0.3 is 0 Å². The molecule has 3 rings (SSSR count). The molecular weight excluding hydrogens is 320 g/mol. The summed E-state index contributed by atoms with van der Waals surface area (Å²) in [6, 6.07) is 3.53. The number of hydrogen-bond acceptors (Lipinski definition) is 6. The number of carbonyl (C=O) groups is 1. The summed E-state index contributed by atoms with van der Waals surface area (Å²) in [6.45, 7) is 2.88. The van der Waals surface area contributed by atoms with Gasteiger partial charge in [-0.2, -0.15) is 4.98 Å². The highest BCUT2D eigenvalue weighted by Gasteiger charge is 2.15. The maximum atomic E-state index is 11.8. The van der Waals surface area contributed by atoms with Crippen LogP contribution in [0.3, 0.4) is 0 Å². The van der Waals surface area contributed by atoms with Crippen LogP contribution in [-0.4, -0.2) is 35.7 Å². The number of hydrogen-bond donors (Lipinski definition) is 2. The molecule has 23 heavy (non-hydrogen) atoms. The van der Waals surface area contributed by atoms with Gasteiger partial charge in [-0.3, -0.25) is 4.79 Å². The average Bonchev–Trinajstić information content (AvgIpc) is 3.26.